The highest BCUT2D eigenvalue weighted by atomic mass is 35.5. The van der Waals surface area contributed by atoms with Crippen LogP contribution in [0.1, 0.15) is 31.1 Å². The van der Waals surface area contributed by atoms with Gasteiger partial charge in [0.05, 0.1) is 13.2 Å². The van der Waals surface area contributed by atoms with E-state index in [0.717, 1.165) is 13.1 Å². The number of halogens is 1. The smallest absolute Gasteiger partial charge is 0.341 e. The number of esters is 1. The fraction of sp³-hybridized carbons (Fsp3) is 0.467. The van der Waals surface area contributed by atoms with Gasteiger partial charge in [0, 0.05) is 11.8 Å². The summed E-state index contributed by atoms with van der Waals surface area (Å²) < 4.78 is 4.82. The zero-order valence-electron chi connectivity index (χ0n) is 13.1. The van der Waals surface area contributed by atoms with Gasteiger partial charge in [0.2, 0.25) is 5.91 Å². The standard InChI is InChI=1S/C15H22N2O4.ClH/c1-4-17(5-2)10-14(19)16-11-7-8-12(13(18)9-11)15(20)21-6-3;/h7-9,18H,4-6,10H2,1-3H3,(H,16,19);1H. The van der Waals surface area contributed by atoms with Crippen molar-refractivity contribution in [2.45, 2.75) is 20.8 Å². The Bertz CT molecular complexity index is 504. The molecular formula is C15H23ClN2O4. The van der Waals surface area contributed by atoms with Crippen molar-refractivity contribution in [2.75, 3.05) is 31.6 Å². The van der Waals surface area contributed by atoms with Crippen molar-refractivity contribution < 1.29 is 19.4 Å². The Morgan fingerprint density at radius 3 is 2.36 bits per heavy atom. The molecule has 1 rings (SSSR count). The van der Waals surface area contributed by atoms with E-state index in [2.05, 4.69) is 5.32 Å². The summed E-state index contributed by atoms with van der Waals surface area (Å²) in [5.41, 5.74) is 0.524. The number of amides is 1. The fourth-order valence-corrected chi connectivity index (χ4v) is 1.84. The molecule has 0 fully saturated rings. The highest BCUT2D eigenvalue weighted by molar-refractivity contribution is 5.95. The lowest BCUT2D eigenvalue weighted by Crippen LogP contribution is -2.32. The van der Waals surface area contributed by atoms with E-state index in [9.17, 15) is 14.7 Å². The van der Waals surface area contributed by atoms with Crippen LogP contribution in [-0.4, -0.2) is 48.1 Å². The number of phenols is 1. The Kier molecular flexibility index (Phi) is 9.21. The number of hydrogen-bond acceptors (Lipinski definition) is 5. The number of likely N-dealkylation sites (N-methyl/N-ethyl adjacent to an activating group) is 1. The Hall–Kier alpha value is -1.79. The number of carbonyl (C=O) groups excluding carboxylic acids is 2. The average molecular weight is 331 g/mol. The number of nitrogens with zero attached hydrogens (tertiary/aromatic N) is 1. The van der Waals surface area contributed by atoms with Gasteiger partial charge in [-0.2, -0.15) is 0 Å². The molecule has 0 aliphatic rings. The Labute approximate surface area is 136 Å². The summed E-state index contributed by atoms with van der Waals surface area (Å²) in [7, 11) is 0. The molecule has 1 aromatic carbocycles. The number of benzene rings is 1. The molecule has 0 aliphatic carbocycles. The minimum Gasteiger partial charge on any atom is -0.507 e. The van der Waals surface area contributed by atoms with Crippen molar-refractivity contribution in [3.63, 3.8) is 0 Å². The van der Waals surface area contributed by atoms with Gasteiger partial charge in [-0.3, -0.25) is 9.69 Å². The third-order valence-corrected chi connectivity index (χ3v) is 3.04. The molecule has 0 radical (unpaired) electrons. The zero-order valence-corrected chi connectivity index (χ0v) is 13.9. The molecule has 0 aliphatic heterocycles. The lowest BCUT2D eigenvalue weighted by atomic mass is 10.2. The summed E-state index contributed by atoms with van der Waals surface area (Å²) in [5.74, 6) is -0.966. The zero-order chi connectivity index (χ0) is 15.8. The van der Waals surface area contributed by atoms with Gasteiger partial charge < -0.3 is 15.2 Å². The maximum atomic E-state index is 11.8. The van der Waals surface area contributed by atoms with Gasteiger partial charge in [0.1, 0.15) is 11.3 Å². The Balaban J connectivity index is 0.00000441. The van der Waals surface area contributed by atoms with Crippen LogP contribution >= 0.6 is 12.4 Å². The van der Waals surface area contributed by atoms with E-state index in [4.69, 9.17) is 4.74 Å². The van der Waals surface area contributed by atoms with Gasteiger partial charge >= 0.3 is 5.97 Å². The molecule has 0 saturated heterocycles. The molecule has 0 saturated carbocycles. The number of hydrogen-bond donors (Lipinski definition) is 2. The molecule has 0 bridgehead atoms. The number of phenolic OH excluding ortho intramolecular Hbond substituents is 1. The summed E-state index contributed by atoms with van der Waals surface area (Å²) in [5, 5.41) is 12.5. The lowest BCUT2D eigenvalue weighted by molar-refractivity contribution is -0.117. The first-order valence-corrected chi connectivity index (χ1v) is 7.04. The van der Waals surface area contributed by atoms with E-state index in [1.54, 1.807) is 13.0 Å². The van der Waals surface area contributed by atoms with Gasteiger partial charge in [-0.25, -0.2) is 4.79 Å². The molecule has 6 nitrogen and oxygen atoms in total. The average Bonchev–Trinajstić information content (AvgIpc) is 2.45. The second-order valence-corrected chi connectivity index (χ2v) is 4.46. The molecule has 1 aromatic rings. The SMILES string of the molecule is CCOC(=O)c1ccc(NC(=O)CN(CC)CC)cc1O.Cl. The second kappa shape index (κ2) is 10.0. The molecular weight excluding hydrogens is 308 g/mol. The molecule has 22 heavy (non-hydrogen) atoms. The number of carbonyl (C=O) groups is 2. The number of aromatic hydroxyl groups is 1. The van der Waals surface area contributed by atoms with E-state index in [1.807, 2.05) is 18.7 Å². The summed E-state index contributed by atoms with van der Waals surface area (Å²) in [6, 6.07) is 4.33. The predicted octanol–water partition coefficient (Wildman–Crippen LogP) is 2.27. The summed E-state index contributed by atoms with van der Waals surface area (Å²) >= 11 is 0. The van der Waals surface area contributed by atoms with Crippen molar-refractivity contribution in [3.8, 4) is 5.75 Å². The number of anilines is 1. The summed E-state index contributed by atoms with van der Waals surface area (Å²) in [6.45, 7) is 7.76. The van der Waals surface area contributed by atoms with Crippen molar-refractivity contribution in [1.29, 1.82) is 0 Å². The van der Waals surface area contributed by atoms with Gasteiger partial charge in [0.15, 0.2) is 0 Å². The van der Waals surface area contributed by atoms with Crippen LogP contribution < -0.4 is 5.32 Å². The maximum absolute atomic E-state index is 11.8. The summed E-state index contributed by atoms with van der Waals surface area (Å²) in [4.78, 5) is 25.4. The van der Waals surface area contributed by atoms with Crippen molar-refractivity contribution in [1.82, 2.24) is 4.90 Å². The van der Waals surface area contributed by atoms with Crippen molar-refractivity contribution >= 4 is 30.0 Å². The maximum Gasteiger partial charge on any atom is 0.341 e. The molecule has 0 heterocycles. The van der Waals surface area contributed by atoms with Gasteiger partial charge in [0.25, 0.3) is 0 Å². The number of rotatable bonds is 7. The number of nitrogens with one attached hydrogen (secondary N) is 1. The topological polar surface area (TPSA) is 78.9 Å². The Morgan fingerprint density at radius 1 is 1.23 bits per heavy atom. The minimum atomic E-state index is -0.587. The van der Waals surface area contributed by atoms with Gasteiger partial charge in [-0.15, -0.1) is 12.4 Å². The van der Waals surface area contributed by atoms with Gasteiger partial charge in [-0.05, 0) is 32.1 Å². The lowest BCUT2D eigenvalue weighted by Gasteiger charge is -2.17. The van der Waals surface area contributed by atoms with E-state index in [-0.39, 0.29) is 42.8 Å². The van der Waals surface area contributed by atoms with Gasteiger partial charge in [-0.1, -0.05) is 13.8 Å². The normalized spacial score (nSPS) is 10.0. The highest BCUT2D eigenvalue weighted by Gasteiger charge is 2.14. The van der Waals surface area contributed by atoms with E-state index >= 15 is 0 Å². The first kappa shape index (κ1) is 20.2. The van der Waals surface area contributed by atoms with Crippen molar-refractivity contribution in [3.05, 3.63) is 23.8 Å². The quantitative estimate of drug-likeness (QED) is 0.750. The first-order valence-electron chi connectivity index (χ1n) is 7.04. The number of ether oxygens (including phenoxy) is 1. The molecule has 0 aromatic heterocycles. The van der Waals surface area contributed by atoms with Crippen molar-refractivity contribution in [2.24, 2.45) is 0 Å². The first-order chi connectivity index (χ1) is 10.0. The van der Waals surface area contributed by atoms with Crippen LogP contribution in [0.15, 0.2) is 18.2 Å². The van der Waals surface area contributed by atoms with Crippen LogP contribution in [-0.2, 0) is 9.53 Å². The third kappa shape index (κ3) is 5.91. The molecule has 2 N–H and O–H groups in total. The highest BCUT2D eigenvalue weighted by Crippen LogP contribution is 2.22. The van der Waals surface area contributed by atoms with Crippen LogP contribution in [0.4, 0.5) is 5.69 Å². The van der Waals surface area contributed by atoms with Crippen LogP contribution in [0.25, 0.3) is 0 Å². The van der Waals surface area contributed by atoms with E-state index < -0.39 is 5.97 Å². The monoisotopic (exact) mass is 330 g/mol. The summed E-state index contributed by atoms with van der Waals surface area (Å²) in [6.07, 6.45) is 0. The molecule has 1 amide bonds. The Morgan fingerprint density at radius 2 is 1.86 bits per heavy atom. The molecule has 124 valence electrons. The third-order valence-electron chi connectivity index (χ3n) is 3.04. The van der Waals surface area contributed by atoms with Crippen LogP contribution in [0.2, 0.25) is 0 Å². The molecule has 0 unspecified atom stereocenters. The predicted molar refractivity (Wildman–Crippen MR) is 87.7 cm³/mol. The van der Waals surface area contributed by atoms with E-state index in [1.165, 1.54) is 12.1 Å². The molecule has 0 atom stereocenters. The van der Waals surface area contributed by atoms with E-state index in [0.29, 0.717) is 5.69 Å². The molecule has 7 heteroatoms. The van der Waals surface area contributed by atoms with Crippen LogP contribution in [0.5, 0.6) is 5.75 Å². The molecule has 0 spiro atoms. The van der Waals surface area contributed by atoms with Crippen LogP contribution in [0, 0.1) is 0 Å². The fourth-order valence-electron chi connectivity index (χ4n) is 1.84. The van der Waals surface area contributed by atoms with Crippen LogP contribution in [0.3, 0.4) is 0 Å². The second-order valence-electron chi connectivity index (χ2n) is 4.46. The minimum absolute atomic E-state index is 0. The largest absolute Gasteiger partial charge is 0.507 e.